The molecule has 0 saturated heterocycles. The molecule has 2 aromatic carbocycles. The highest BCUT2D eigenvalue weighted by Crippen LogP contribution is 2.24. The molecule has 31 heavy (non-hydrogen) atoms. The third-order valence-corrected chi connectivity index (χ3v) is 6.80. The molecule has 2 heterocycles. The van der Waals surface area contributed by atoms with Crippen LogP contribution in [0.5, 0.6) is 0 Å². The molecule has 4 rings (SSSR count). The van der Waals surface area contributed by atoms with Crippen LogP contribution in [0.1, 0.15) is 18.1 Å². The highest BCUT2D eigenvalue weighted by atomic mass is 32.2. The van der Waals surface area contributed by atoms with Gasteiger partial charge in [0.2, 0.25) is 5.91 Å². The number of carbonyl (C=O) groups is 1. The van der Waals surface area contributed by atoms with Gasteiger partial charge in [-0.25, -0.2) is 4.98 Å². The number of thioether (sulfide) groups is 1. The van der Waals surface area contributed by atoms with E-state index in [2.05, 4.69) is 0 Å². The fourth-order valence-electron chi connectivity index (χ4n) is 3.38. The van der Waals surface area contributed by atoms with Crippen molar-refractivity contribution in [2.24, 2.45) is 0 Å². The first kappa shape index (κ1) is 21.3. The lowest BCUT2D eigenvalue weighted by atomic mass is 10.2. The summed E-state index contributed by atoms with van der Waals surface area (Å²) in [6.45, 7) is 5.16. The number of nitrogens with zero attached hydrogens (tertiary/aromatic N) is 3. The number of hydrogen-bond acceptors (Lipinski definition) is 5. The Bertz CT molecular complexity index is 1260. The Hall–Kier alpha value is -2.90. The van der Waals surface area contributed by atoms with E-state index < -0.39 is 0 Å². The molecule has 0 radical (unpaired) electrons. The fraction of sp³-hybridized carbons (Fsp3) is 0.208. The second kappa shape index (κ2) is 9.49. The number of hydrogen-bond donors (Lipinski definition) is 0. The molecule has 0 unspecified atom stereocenters. The third-order valence-electron chi connectivity index (χ3n) is 4.98. The zero-order valence-electron chi connectivity index (χ0n) is 17.4. The molecule has 158 valence electrons. The molecular weight excluding hydrogens is 426 g/mol. The number of fused-ring (bicyclic) bond motifs is 1. The van der Waals surface area contributed by atoms with Crippen LogP contribution in [0.4, 0.5) is 0 Å². The molecule has 0 aliphatic rings. The number of thiophene rings is 1. The van der Waals surface area contributed by atoms with Crippen molar-refractivity contribution in [3.05, 3.63) is 87.5 Å². The summed E-state index contributed by atoms with van der Waals surface area (Å²) < 4.78 is 2.24. The first-order valence-electron chi connectivity index (χ1n) is 10.1. The topological polar surface area (TPSA) is 55.2 Å². The van der Waals surface area contributed by atoms with Gasteiger partial charge in [-0.05, 0) is 48.6 Å². The summed E-state index contributed by atoms with van der Waals surface area (Å²) in [5.41, 5.74) is 3.49. The molecule has 2 aromatic heterocycles. The monoisotopic (exact) mass is 449 g/mol. The SMILES string of the molecule is CCN(Cc1ccccc1)C(=O)CSc1nc2ccsc2c(=O)n1-c1cccc(C)c1. The maximum atomic E-state index is 13.2. The van der Waals surface area contributed by atoms with Crippen LogP contribution in [0.2, 0.25) is 0 Å². The van der Waals surface area contributed by atoms with E-state index in [-0.39, 0.29) is 17.2 Å². The van der Waals surface area contributed by atoms with E-state index in [1.54, 1.807) is 4.57 Å². The Morgan fingerprint density at radius 2 is 1.94 bits per heavy atom. The standard InChI is InChI=1S/C24H23N3O2S2/c1-3-26(15-18-9-5-4-6-10-18)21(28)16-31-24-25-20-12-13-30-22(20)23(29)27(24)19-11-7-8-17(2)14-19/h4-14H,3,15-16H2,1-2H3. The molecule has 0 spiro atoms. The van der Waals surface area contributed by atoms with E-state index in [0.29, 0.717) is 28.5 Å². The van der Waals surface area contributed by atoms with Gasteiger partial charge in [0.1, 0.15) is 4.70 Å². The van der Waals surface area contributed by atoms with Gasteiger partial charge in [-0.1, -0.05) is 54.2 Å². The second-order valence-corrected chi connectivity index (χ2v) is 9.05. The van der Waals surface area contributed by atoms with Crippen molar-refractivity contribution in [1.29, 1.82) is 0 Å². The predicted molar refractivity (Wildman–Crippen MR) is 128 cm³/mol. The Morgan fingerprint density at radius 1 is 1.13 bits per heavy atom. The van der Waals surface area contributed by atoms with Gasteiger partial charge in [0.25, 0.3) is 5.56 Å². The molecule has 0 fully saturated rings. The van der Waals surface area contributed by atoms with Crippen LogP contribution in [-0.4, -0.2) is 32.7 Å². The van der Waals surface area contributed by atoms with Crippen molar-refractivity contribution in [3.63, 3.8) is 0 Å². The maximum Gasteiger partial charge on any atom is 0.276 e. The van der Waals surface area contributed by atoms with Gasteiger partial charge in [-0.15, -0.1) is 11.3 Å². The number of aryl methyl sites for hydroxylation is 1. The summed E-state index contributed by atoms with van der Waals surface area (Å²) in [5.74, 6) is 0.237. The molecule has 0 aliphatic heterocycles. The quantitative estimate of drug-likeness (QED) is 0.298. The zero-order valence-corrected chi connectivity index (χ0v) is 19.1. The van der Waals surface area contributed by atoms with Crippen LogP contribution >= 0.6 is 23.1 Å². The van der Waals surface area contributed by atoms with Gasteiger partial charge in [-0.2, -0.15) is 0 Å². The predicted octanol–water partition coefficient (Wildman–Crippen LogP) is 4.90. The van der Waals surface area contributed by atoms with Gasteiger partial charge in [0.05, 0.1) is 17.0 Å². The van der Waals surface area contributed by atoms with E-state index in [1.165, 1.54) is 23.1 Å². The fourth-order valence-corrected chi connectivity index (χ4v) is 5.06. The highest BCUT2D eigenvalue weighted by molar-refractivity contribution is 7.99. The molecule has 0 N–H and O–H groups in total. The minimum absolute atomic E-state index is 0.0202. The molecule has 0 saturated carbocycles. The maximum absolute atomic E-state index is 13.2. The van der Waals surface area contributed by atoms with Crippen molar-refractivity contribution < 1.29 is 4.79 Å². The van der Waals surface area contributed by atoms with E-state index in [1.807, 2.05) is 84.8 Å². The molecule has 1 amide bonds. The Labute approximate surface area is 189 Å². The van der Waals surface area contributed by atoms with Crippen LogP contribution in [0.25, 0.3) is 15.9 Å². The van der Waals surface area contributed by atoms with Crippen molar-refractivity contribution >= 4 is 39.2 Å². The molecular formula is C24H23N3O2S2. The highest BCUT2D eigenvalue weighted by Gasteiger charge is 2.18. The molecule has 0 bridgehead atoms. The van der Waals surface area contributed by atoms with E-state index in [9.17, 15) is 9.59 Å². The lowest BCUT2D eigenvalue weighted by Gasteiger charge is -2.21. The van der Waals surface area contributed by atoms with Crippen LogP contribution in [0.3, 0.4) is 0 Å². The van der Waals surface area contributed by atoms with Gasteiger partial charge < -0.3 is 4.90 Å². The average molecular weight is 450 g/mol. The molecule has 7 heteroatoms. The largest absolute Gasteiger partial charge is 0.338 e. The van der Waals surface area contributed by atoms with Gasteiger partial charge in [0, 0.05) is 13.1 Å². The number of rotatable bonds is 7. The Balaban J connectivity index is 1.62. The summed E-state index contributed by atoms with van der Waals surface area (Å²) in [6.07, 6.45) is 0. The van der Waals surface area contributed by atoms with Crippen molar-refractivity contribution in [2.75, 3.05) is 12.3 Å². The van der Waals surface area contributed by atoms with Crippen molar-refractivity contribution in [2.45, 2.75) is 25.5 Å². The lowest BCUT2D eigenvalue weighted by molar-refractivity contribution is -0.128. The van der Waals surface area contributed by atoms with Crippen LogP contribution in [0.15, 0.2) is 76.0 Å². The van der Waals surface area contributed by atoms with Crippen molar-refractivity contribution in [3.8, 4) is 5.69 Å². The smallest absolute Gasteiger partial charge is 0.276 e. The van der Waals surface area contributed by atoms with Crippen LogP contribution in [0, 0.1) is 6.92 Å². The van der Waals surface area contributed by atoms with Crippen molar-refractivity contribution in [1.82, 2.24) is 14.5 Å². The minimum Gasteiger partial charge on any atom is -0.338 e. The van der Waals surface area contributed by atoms with E-state index in [0.717, 1.165) is 16.8 Å². The minimum atomic E-state index is -0.0998. The average Bonchev–Trinajstić information content (AvgIpc) is 3.25. The zero-order chi connectivity index (χ0) is 21.8. The summed E-state index contributed by atoms with van der Waals surface area (Å²) in [6, 6.07) is 19.6. The Kier molecular flexibility index (Phi) is 6.53. The molecule has 5 nitrogen and oxygen atoms in total. The molecule has 0 atom stereocenters. The summed E-state index contributed by atoms with van der Waals surface area (Å²) >= 11 is 2.70. The first-order chi connectivity index (χ1) is 15.1. The number of benzene rings is 2. The van der Waals surface area contributed by atoms with Gasteiger partial charge in [-0.3, -0.25) is 14.2 Å². The van der Waals surface area contributed by atoms with E-state index >= 15 is 0 Å². The van der Waals surface area contributed by atoms with E-state index in [4.69, 9.17) is 4.98 Å². The van der Waals surface area contributed by atoms with Crippen LogP contribution < -0.4 is 5.56 Å². The first-order valence-corrected chi connectivity index (χ1v) is 11.9. The number of amides is 1. The number of aromatic nitrogens is 2. The van der Waals surface area contributed by atoms with Crippen LogP contribution in [-0.2, 0) is 11.3 Å². The van der Waals surface area contributed by atoms with Gasteiger partial charge in [0.15, 0.2) is 5.16 Å². The third kappa shape index (κ3) is 4.73. The summed E-state index contributed by atoms with van der Waals surface area (Å²) in [5, 5.41) is 2.41. The Morgan fingerprint density at radius 3 is 2.68 bits per heavy atom. The lowest BCUT2D eigenvalue weighted by Crippen LogP contribution is -2.32. The summed E-state index contributed by atoms with van der Waals surface area (Å²) in [7, 11) is 0. The number of carbonyl (C=O) groups excluding carboxylic acids is 1. The molecule has 0 aliphatic carbocycles. The summed E-state index contributed by atoms with van der Waals surface area (Å²) in [4.78, 5) is 32.7. The normalized spacial score (nSPS) is 11.0. The second-order valence-electron chi connectivity index (χ2n) is 7.19. The molecule has 4 aromatic rings. The van der Waals surface area contributed by atoms with Gasteiger partial charge >= 0.3 is 0 Å².